The molecule has 158 valence electrons. The van der Waals surface area contributed by atoms with Crippen LogP contribution in [0, 0.1) is 10.1 Å². The molecular weight excluding hydrogens is 388 g/mol. The molecule has 0 aliphatic heterocycles. The van der Waals surface area contributed by atoms with Gasteiger partial charge in [-0.25, -0.2) is 9.59 Å². The van der Waals surface area contributed by atoms with E-state index in [4.69, 9.17) is 9.47 Å². The Morgan fingerprint density at radius 1 is 1.03 bits per heavy atom. The Morgan fingerprint density at radius 3 is 2.23 bits per heavy atom. The van der Waals surface area contributed by atoms with Crippen LogP contribution in [0.15, 0.2) is 36.4 Å². The number of aryl methyl sites for hydroxylation is 2. The minimum Gasteiger partial charge on any atom is -0.464 e. The number of carbonyl (C=O) groups excluding carboxylic acids is 2. The normalized spacial score (nSPS) is 12.9. The number of non-ortho nitro benzene ring substituents is 1. The molecule has 0 saturated carbocycles. The van der Waals surface area contributed by atoms with Crippen LogP contribution in [0.3, 0.4) is 0 Å². The summed E-state index contributed by atoms with van der Waals surface area (Å²) in [6.45, 7) is 5.41. The minimum atomic E-state index is -0.847. The van der Waals surface area contributed by atoms with Gasteiger partial charge in [0, 0.05) is 17.8 Å². The van der Waals surface area contributed by atoms with Crippen molar-refractivity contribution >= 4 is 23.4 Å². The first kappa shape index (κ1) is 21.3. The molecule has 30 heavy (non-hydrogen) atoms. The number of nitro benzene ring substituents is 1. The van der Waals surface area contributed by atoms with E-state index in [1.807, 2.05) is 12.1 Å². The summed E-state index contributed by atoms with van der Waals surface area (Å²) in [6, 6.07) is 9.51. The lowest BCUT2D eigenvalue weighted by Crippen LogP contribution is -2.44. The van der Waals surface area contributed by atoms with E-state index in [-0.39, 0.29) is 18.9 Å². The molecule has 0 radical (unpaired) electrons. The number of rotatable bonds is 6. The van der Waals surface area contributed by atoms with Gasteiger partial charge in [-0.3, -0.25) is 15.0 Å². The van der Waals surface area contributed by atoms with Crippen LogP contribution in [-0.2, 0) is 27.1 Å². The molecule has 0 aromatic heterocycles. The summed E-state index contributed by atoms with van der Waals surface area (Å²) >= 11 is 0. The smallest absolute Gasteiger partial charge is 0.415 e. The van der Waals surface area contributed by atoms with E-state index in [1.54, 1.807) is 39.0 Å². The molecule has 8 heteroatoms. The Balaban J connectivity index is 1.99. The first-order valence-corrected chi connectivity index (χ1v) is 9.90. The zero-order valence-electron chi connectivity index (χ0n) is 17.2. The van der Waals surface area contributed by atoms with Gasteiger partial charge < -0.3 is 9.47 Å². The largest absolute Gasteiger partial charge is 0.464 e. The average Bonchev–Trinajstić information content (AvgIpc) is 2.73. The van der Waals surface area contributed by atoms with Crippen LogP contribution in [0.1, 0.15) is 31.9 Å². The number of benzene rings is 2. The minimum absolute atomic E-state index is 0.0746. The fourth-order valence-corrected chi connectivity index (χ4v) is 3.68. The molecule has 0 spiro atoms. The van der Waals surface area contributed by atoms with Gasteiger partial charge in [0.15, 0.2) is 0 Å². The molecule has 0 bridgehead atoms. The summed E-state index contributed by atoms with van der Waals surface area (Å²) in [5, 5.41) is 11.1. The van der Waals surface area contributed by atoms with Crippen molar-refractivity contribution in [2.75, 3.05) is 18.1 Å². The lowest BCUT2D eigenvalue weighted by Gasteiger charge is -2.28. The molecule has 1 unspecified atom stereocenters. The van der Waals surface area contributed by atoms with Gasteiger partial charge in [-0.1, -0.05) is 6.07 Å². The van der Waals surface area contributed by atoms with Gasteiger partial charge in [0.25, 0.3) is 5.69 Å². The van der Waals surface area contributed by atoms with Gasteiger partial charge in [-0.05, 0) is 74.1 Å². The number of nitro groups is 1. The average molecular weight is 412 g/mol. The monoisotopic (exact) mass is 412 g/mol. The summed E-state index contributed by atoms with van der Waals surface area (Å²) in [5.41, 5.74) is 4.44. The molecule has 3 rings (SSSR count). The van der Waals surface area contributed by atoms with Crippen LogP contribution >= 0.6 is 0 Å². The second-order valence-electron chi connectivity index (χ2n) is 6.94. The van der Waals surface area contributed by atoms with Gasteiger partial charge in [-0.2, -0.15) is 0 Å². The molecule has 1 aliphatic rings. The van der Waals surface area contributed by atoms with E-state index in [0.717, 1.165) is 22.3 Å². The Morgan fingerprint density at radius 2 is 1.63 bits per heavy atom. The topological polar surface area (TPSA) is 99.0 Å². The molecule has 2 aromatic carbocycles. The molecule has 1 aliphatic carbocycles. The first-order chi connectivity index (χ1) is 14.4. The van der Waals surface area contributed by atoms with E-state index in [0.29, 0.717) is 18.5 Å². The number of hydrogen-bond acceptors (Lipinski definition) is 6. The lowest BCUT2D eigenvalue weighted by atomic mass is 9.85. The van der Waals surface area contributed by atoms with Gasteiger partial charge in [-0.15, -0.1) is 0 Å². The molecule has 0 saturated heterocycles. The fraction of sp³-hybridized carbons (Fsp3) is 0.364. The maximum Gasteiger partial charge on any atom is 0.415 e. The maximum absolute atomic E-state index is 12.6. The SMILES string of the molecule is CCOC(=O)C(C)N(C(=O)OCC)c1ccc2c(c1)CCc1cc([N+](=O)[O-])ccc1-2. The van der Waals surface area contributed by atoms with E-state index in [2.05, 4.69) is 0 Å². The number of anilines is 1. The summed E-state index contributed by atoms with van der Waals surface area (Å²) in [4.78, 5) is 36.8. The number of ether oxygens (including phenoxy) is 2. The quantitative estimate of drug-likeness (QED) is 0.399. The van der Waals surface area contributed by atoms with Gasteiger partial charge in [0.2, 0.25) is 0 Å². The van der Waals surface area contributed by atoms with Crippen LogP contribution in [0.5, 0.6) is 0 Å². The predicted molar refractivity (Wildman–Crippen MR) is 112 cm³/mol. The van der Waals surface area contributed by atoms with E-state index in [1.165, 1.54) is 11.0 Å². The van der Waals surface area contributed by atoms with Gasteiger partial charge >= 0.3 is 12.1 Å². The van der Waals surface area contributed by atoms with Gasteiger partial charge in [0.1, 0.15) is 6.04 Å². The number of amides is 1. The molecule has 0 fully saturated rings. The van der Waals surface area contributed by atoms with E-state index >= 15 is 0 Å². The molecule has 0 heterocycles. The number of nitrogens with zero attached hydrogens (tertiary/aromatic N) is 2. The standard InChI is InChI=1S/C22H24N2O6/c1-4-29-21(25)14(3)23(22(26)30-5-2)17-8-10-19-15(12-17)6-7-16-13-18(24(27)28)9-11-20(16)19/h8-14H,4-7H2,1-3H3. The Labute approximate surface area is 174 Å². The van der Waals surface area contributed by atoms with Crippen LogP contribution < -0.4 is 4.90 Å². The third-order valence-electron chi connectivity index (χ3n) is 5.10. The molecular formula is C22H24N2O6. The van der Waals surface area contributed by atoms with Crippen molar-refractivity contribution in [3.8, 4) is 11.1 Å². The van der Waals surface area contributed by atoms with Crippen LogP contribution in [0.25, 0.3) is 11.1 Å². The number of fused-ring (bicyclic) bond motifs is 3. The third kappa shape index (κ3) is 4.12. The molecule has 1 amide bonds. The highest BCUT2D eigenvalue weighted by molar-refractivity contribution is 5.96. The Bertz CT molecular complexity index is 988. The summed E-state index contributed by atoms with van der Waals surface area (Å²) < 4.78 is 10.2. The summed E-state index contributed by atoms with van der Waals surface area (Å²) in [5.74, 6) is -0.513. The molecule has 2 aromatic rings. The van der Waals surface area contributed by atoms with Crippen molar-refractivity contribution in [2.45, 2.75) is 39.7 Å². The number of carbonyl (C=O) groups is 2. The number of esters is 1. The molecule has 1 atom stereocenters. The van der Waals surface area contributed by atoms with E-state index < -0.39 is 23.0 Å². The highest BCUT2D eigenvalue weighted by Gasteiger charge is 2.30. The Kier molecular flexibility index (Phi) is 6.34. The van der Waals surface area contributed by atoms with Crippen molar-refractivity contribution in [1.29, 1.82) is 0 Å². The highest BCUT2D eigenvalue weighted by atomic mass is 16.6. The van der Waals surface area contributed by atoms with Crippen molar-refractivity contribution < 1.29 is 24.0 Å². The Hall–Kier alpha value is -3.42. The van der Waals surface area contributed by atoms with Crippen LogP contribution in [0.2, 0.25) is 0 Å². The van der Waals surface area contributed by atoms with Crippen LogP contribution in [-0.4, -0.2) is 36.2 Å². The first-order valence-electron chi connectivity index (χ1n) is 9.90. The zero-order chi connectivity index (χ0) is 21.8. The second-order valence-corrected chi connectivity index (χ2v) is 6.94. The molecule has 8 nitrogen and oxygen atoms in total. The van der Waals surface area contributed by atoms with Gasteiger partial charge in [0.05, 0.1) is 18.1 Å². The zero-order valence-corrected chi connectivity index (χ0v) is 17.2. The molecule has 0 N–H and O–H groups in total. The summed E-state index contributed by atoms with van der Waals surface area (Å²) in [6.07, 6.45) is 0.701. The lowest BCUT2D eigenvalue weighted by molar-refractivity contribution is -0.384. The van der Waals surface area contributed by atoms with Crippen molar-refractivity contribution in [1.82, 2.24) is 0 Å². The van der Waals surface area contributed by atoms with Crippen molar-refractivity contribution in [2.24, 2.45) is 0 Å². The van der Waals surface area contributed by atoms with E-state index in [9.17, 15) is 19.7 Å². The van der Waals surface area contributed by atoms with Crippen molar-refractivity contribution in [3.63, 3.8) is 0 Å². The third-order valence-corrected chi connectivity index (χ3v) is 5.10. The number of hydrogen-bond donors (Lipinski definition) is 0. The fourth-order valence-electron chi connectivity index (χ4n) is 3.68. The highest BCUT2D eigenvalue weighted by Crippen LogP contribution is 2.37. The maximum atomic E-state index is 12.6. The second kappa shape index (κ2) is 8.94. The van der Waals surface area contributed by atoms with Crippen molar-refractivity contribution in [3.05, 3.63) is 57.6 Å². The van der Waals surface area contributed by atoms with Crippen LogP contribution in [0.4, 0.5) is 16.2 Å². The summed E-state index contributed by atoms with van der Waals surface area (Å²) in [7, 11) is 0. The predicted octanol–water partition coefficient (Wildman–Crippen LogP) is 4.27.